The van der Waals surface area contributed by atoms with Gasteiger partial charge in [-0.25, -0.2) is 4.98 Å². The van der Waals surface area contributed by atoms with E-state index in [1.807, 2.05) is 36.4 Å². The summed E-state index contributed by atoms with van der Waals surface area (Å²) in [5.41, 5.74) is 3.47. The fourth-order valence-electron chi connectivity index (χ4n) is 2.81. The summed E-state index contributed by atoms with van der Waals surface area (Å²) in [6.07, 6.45) is 0. The second-order valence-electron chi connectivity index (χ2n) is 5.30. The van der Waals surface area contributed by atoms with Crippen molar-refractivity contribution in [2.75, 3.05) is 0 Å². The minimum Gasteiger partial charge on any atom is -0.246 e. The molecule has 0 aliphatic carbocycles. The number of para-hydroxylation sites is 1. The number of fused-ring (bicyclic) bond motifs is 4. The van der Waals surface area contributed by atoms with Crippen molar-refractivity contribution in [1.29, 1.82) is 0 Å². The van der Waals surface area contributed by atoms with Gasteiger partial charge >= 0.3 is 0 Å². The van der Waals surface area contributed by atoms with Crippen molar-refractivity contribution in [2.45, 2.75) is 0 Å². The van der Waals surface area contributed by atoms with Crippen LogP contribution in [0.3, 0.4) is 0 Å². The standard InChI is InChI=1S/C18H10N4S/c1-3-7-13-11(5-1)9-10-14(19-13)17-18-16(20-22-21-17)12-6-2-4-8-15(12)23-18/h1-10H. The molecule has 0 aliphatic heterocycles. The van der Waals surface area contributed by atoms with E-state index >= 15 is 0 Å². The van der Waals surface area contributed by atoms with Gasteiger partial charge in [-0.05, 0) is 23.4 Å². The highest BCUT2D eigenvalue weighted by Gasteiger charge is 2.14. The van der Waals surface area contributed by atoms with Gasteiger partial charge in [0.2, 0.25) is 0 Å². The van der Waals surface area contributed by atoms with Crippen LogP contribution in [0.2, 0.25) is 0 Å². The third-order valence-corrected chi connectivity index (χ3v) is 5.08. The molecule has 4 nitrogen and oxygen atoms in total. The molecule has 2 aromatic carbocycles. The SMILES string of the molecule is c1ccc2nc(-c3nnnc4c3sc3ccccc34)ccc2c1. The van der Waals surface area contributed by atoms with Crippen LogP contribution in [-0.4, -0.2) is 20.4 Å². The van der Waals surface area contributed by atoms with Gasteiger partial charge < -0.3 is 0 Å². The quantitative estimate of drug-likeness (QED) is 0.458. The van der Waals surface area contributed by atoms with Crippen LogP contribution in [-0.2, 0) is 0 Å². The lowest BCUT2D eigenvalue weighted by Crippen LogP contribution is -1.93. The van der Waals surface area contributed by atoms with Crippen molar-refractivity contribution in [3.05, 3.63) is 60.7 Å². The maximum Gasteiger partial charge on any atom is 0.133 e. The smallest absolute Gasteiger partial charge is 0.133 e. The third-order valence-electron chi connectivity index (χ3n) is 3.91. The van der Waals surface area contributed by atoms with Crippen LogP contribution in [0.15, 0.2) is 60.7 Å². The summed E-state index contributed by atoms with van der Waals surface area (Å²) in [6, 6.07) is 20.4. The van der Waals surface area contributed by atoms with Gasteiger partial charge in [0.1, 0.15) is 11.2 Å². The highest BCUT2D eigenvalue weighted by atomic mass is 32.1. The normalized spacial score (nSPS) is 11.5. The summed E-state index contributed by atoms with van der Waals surface area (Å²) in [5, 5.41) is 14.7. The van der Waals surface area contributed by atoms with Crippen LogP contribution < -0.4 is 0 Å². The van der Waals surface area contributed by atoms with E-state index in [0.29, 0.717) is 0 Å². The Bertz CT molecular complexity index is 1180. The van der Waals surface area contributed by atoms with Gasteiger partial charge in [0.15, 0.2) is 0 Å². The first-order chi connectivity index (χ1) is 11.4. The van der Waals surface area contributed by atoms with Crippen molar-refractivity contribution in [3.8, 4) is 11.4 Å². The molecule has 0 radical (unpaired) electrons. The minimum atomic E-state index is 0.793. The molecule has 5 heteroatoms. The molecule has 5 rings (SSSR count). The molecule has 0 atom stereocenters. The number of nitrogens with zero attached hydrogens (tertiary/aromatic N) is 4. The second-order valence-corrected chi connectivity index (χ2v) is 6.36. The fourth-order valence-corrected chi connectivity index (χ4v) is 3.95. The molecule has 0 amide bonds. The van der Waals surface area contributed by atoms with E-state index < -0.39 is 0 Å². The first-order valence-electron chi connectivity index (χ1n) is 7.27. The highest BCUT2D eigenvalue weighted by Crippen LogP contribution is 2.36. The average Bonchev–Trinajstić information content (AvgIpc) is 3.00. The Morgan fingerprint density at radius 3 is 2.65 bits per heavy atom. The third kappa shape index (κ3) is 1.90. The Kier molecular flexibility index (Phi) is 2.63. The van der Waals surface area contributed by atoms with Gasteiger partial charge in [-0.2, -0.15) is 0 Å². The van der Waals surface area contributed by atoms with Crippen LogP contribution in [0.1, 0.15) is 0 Å². The lowest BCUT2D eigenvalue weighted by atomic mass is 10.1. The van der Waals surface area contributed by atoms with Gasteiger partial charge in [-0.15, -0.1) is 21.5 Å². The summed E-state index contributed by atoms with van der Waals surface area (Å²) in [4.78, 5) is 4.74. The average molecular weight is 314 g/mol. The molecule has 0 aliphatic rings. The van der Waals surface area contributed by atoms with Gasteiger partial charge in [-0.3, -0.25) is 0 Å². The maximum atomic E-state index is 4.74. The lowest BCUT2D eigenvalue weighted by molar-refractivity contribution is 0.902. The molecule has 0 saturated heterocycles. The molecule has 0 saturated carbocycles. The van der Waals surface area contributed by atoms with E-state index in [4.69, 9.17) is 4.98 Å². The van der Waals surface area contributed by atoms with Crippen LogP contribution in [0.4, 0.5) is 0 Å². The van der Waals surface area contributed by atoms with E-state index in [1.165, 1.54) is 4.70 Å². The van der Waals surface area contributed by atoms with E-state index in [1.54, 1.807) is 11.3 Å². The number of hydrogen-bond donors (Lipinski definition) is 0. The van der Waals surface area contributed by atoms with E-state index in [0.717, 1.165) is 37.9 Å². The second kappa shape index (κ2) is 4.79. The van der Waals surface area contributed by atoms with Crippen molar-refractivity contribution in [2.24, 2.45) is 0 Å². The molecule has 3 aromatic heterocycles. The molecule has 0 bridgehead atoms. The molecule has 0 unspecified atom stereocenters. The molecule has 0 spiro atoms. The maximum absolute atomic E-state index is 4.74. The van der Waals surface area contributed by atoms with Gasteiger partial charge in [0.05, 0.1) is 15.9 Å². The zero-order valence-electron chi connectivity index (χ0n) is 12.0. The molecule has 5 aromatic rings. The summed E-state index contributed by atoms with van der Waals surface area (Å²) >= 11 is 1.68. The van der Waals surface area contributed by atoms with Crippen molar-refractivity contribution < 1.29 is 0 Å². The predicted molar refractivity (Wildman–Crippen MR) is 93.5 cm³/mol. The summed E-state index contributed by atoms with van der Waals surface area (Å²) in [7, 11) is 0. The van der Waals surface area contributed by atoms with Gasteiger partial charge in [-0.1, -0.05) is 42.5 Å². The van der Waals surface area contributed by atoms with E-state index in [9.17, 15) is 0 Å². The van der Waals surface area contributed by atoms with Crippen LogP contribution in [0.25, 0.3) is 42.6 Å². The van der Waals surface area contributed by atoms with Gasteiger partial charge in [0, 0.05) is 15.5 Å². The predicted octanol–water partition coefficient (Wildman–Crippen LogP) is 4.45. The summed E-state index contributed by atoms with van der Waals surface area (Å²) in [6.45, 7) is 0. The topological polar surface area (TPSA) is 51.6 Å². The largest absolute Gasteiger partial charge is 0.246 e. The van der Waals surface area contributed by atoms with E-state index in [-0.39, 0.29) is 0 Å². The Hall–Kier alpha value is -2.92. The number of rotatable bonds is 1. The first kappa shape index (κ1) is 12.6. The number of pyridine rings is 1. The zero-order chi connectivity index (χ0) is 15.2. The molecule has 3 heterocycles. The van der Waals surface area contributed by atoms with Crippen molar-refractivity contribution in [1.82, 2.24) is 20.4 Å². The van der Waals surface area contributed by atoms with Crippen molar-refractivity contribution in [3.63, 3.8) is 0 Å². The van der Waals surface area contributed by atoms with Crippen LogP contribution >= 0.6 is 11.3 Å². The Morgan fingerprint density at radius 1 is 0.783 bits per heavy atom. The first-order valence-corrected chi connectivity index (χ1v) is 8.08. The number of benzene rings is 2. The molecular formula is C18H10N4S. The van der Waals surface area contributed by atoms with Crippen LogP contribution in [0.5, 0.6) is 0 Å². The number of hydrogen-bond acceptors (Lipinski definition) is 5. The summed E-state index contributed by atoms with van der Waals surface area (Å²) < 4.78 is 2.22. The summed E-state index contributed by atoms with van der Waals surface area (Å²) in [5.74, 6) is 0. The molecule has 108 valence electrons. The molecule has 0 N–H and O–H groups in total. The van der Waals surface area contributed by atoms with E-state index in [2.05, 4.69) is 39.7 Å². The zero-order valence-corrected chi connectivity index (χ0v) is 12.8. The highest BCUT2D eigenvalue weighted by molar-refractivity contribution is 7.26. The number of aromatic nitrogens is 4. The van der Waals surface area contributed by atoms with Crippen LogP contribution in [0, 0.1) is 0 Å². The number of thiophene rings is 1. The Labute approximate surface area is 135 Å². The lowest BCUT2D eigenvalue weighted by Gasteiger charge is -2.02. The molecular weight excluding hydrogens is 304 g/mol. The molecule has 23 heavy (non-hydrogen) atoms. The van der Waals surface area contributed by atoms with Gasteiger partial charge in [0.25, 0.3) is 0 Å². The fraction of sp³-hybridized carbons (Fsp3) is 0. The Morgan fingerprint density at radius 2 is 1.65 bits per heavy atom. The Balaban J connectivity index is 1.84. The molecule has 0 fully saturated rings. The van der Waals surface area contributed by atoms with Crippen molar-refractivity contribution >= 4 is 42.5 Å². The monoisotopic (exact) mass is 314 g/mol. The minimum absolute atomic E-state index is 0.793.